The molecule has 0 fully saturated rings. The normalized spacial score (nSPS) is 9.95. The number of anilines is 1. The monoisotopic (exact) mass is 257 g/mol. The molecule has 1 aromatic heterocycles. The number of pyridine rings is 1. The summed E-state index contributed by atoms with van der Waals surface area (Å²) in [5.41, 5.74) is 1.76. The molecule has 0 unspecified atom stereocenters. The number of carbonyl (C=O) groups excluding carboxylic acids is 1. The summed E-state index contributed by atoms with van der Waals surface area (Å²) in [6.45, 7) is 0.551. The number of hydrogen-bond donors (Lipinski definition) is 1. The highest BCUT2D eigenvalue weighted by molar-refractivity contribution is 5.87. The summed E-state index contributed by atoms with van der Waals surface area (Å²) >= 11 is 0. The molecule has 0 atom stereocenters. The molecule has 1 aromatic carbocycles. The second kappa shape index (κ2) is 5.86. The molecule has 2 rings (SSSR count). The first-order chi connectivity index (χ1) is 9.20. The van der Waals surface area contributed by atoms with Crippen molar-refractivity contribution in [1.29, 1.82) is 0 Å². The van der Waals surface area contributed by atoms with Crippen LogP contribution in [0.2, 0.25) is 0 Å². The molecular weight excluding hydrogens is 244 g/mol. The first kappa shape index (κ1) is 12.9. The highest BCUT2D eigenvalue weighted by atomic mass is 16.5. The van der Waals surface area contributed by atoms with E-state index in [0.29, 0.717) is 18.0 Å². The van der Waals surface area contributed by atoms with Gasteiger partial charge in [-0.05, 0) is 41.5 Å². The zero-order valence-electron chi connectivity index (χ0n) is 10.4. The molecule has 0 saturated carbocycles. The third-order valence-corrected chi connectivity index (χ3v) is 2.67. The predicted molar refractivity (Wildman–Crippen MR) is 68.9 cm³/mol. The number of benzene rings is 1. The van der Waals surface area contributed by atoms with Crippen molar-refractivity contribution in [1.82, 2.24) is 4.98 Å². The highest BCUT2D eigenvalue weighted by Gasteiger charge is 2.05. The van der Waals surface area contributed by atoms with Crippen LogP contribution >= 0.6 is 0 Å². The van der Waals surface area contributed by atoms with Crippen LogP contribution in [0.3, 0.4) is 0 Å². The molecule has 5 nitrogen and oxygen atoms in total. The summed E-state index contributed by atoms with van der Waals surface area (Å²) in [5, 5.41) is 14.0. The Labute approximate surface area is 110 Å². The summed E-state index contributed by atoms with van der Waals surface area (Å²) in [7, 11) is 1.53. The van der Waals surface area contributed by atoms with E-state index in [1.807, 2.05) is 12.1 Å². The Kier molecular flexibility index (Phi) is 3.97. The molecule has 1 heterocycles. The second-order valence-electron chi connectivity index (χ2n) is 3.91. The summed E-state index contributed by atoms with van der Waals surface area (Å²) in [4.78, 5) is 14.8. The lowest BCUT2D eigenvalue weighted by atomic mass is 10.1. The summed E-state index contributed by atoms with van der Waals surface area (Å²) in [5.74, 6) is -0.631. The van der Waals surface area contributed by atoms with Crippen LogP contribution in [0.5, 0.6) is 5.75 Å². The Morgan fingerprint density at radius 3 is 2.68 bits per heavy atom. The van der Waals surface area contributed by atoms with Crippen LogP contribution < -0.4 is 15.2 Å². The second-order valence-corrected chi connectivity index (χ2v) is 3.91. The van der Waals surface area contributed by atoms with Crippen LogP contribution in [0.1, 0.15) is 15.9 Å². The lowest BCUT2D eigenvalue weighted by molar-refractivity contribution is -0.255. The summed E-state index contributed by atoms with van der Waals surface area (Å²) in [6, 6.07) is 8.30. The van der Waals surface area contributed by atoms with Crippen molar-refractivity contribution < 1.29 is 14.6 Å². The predicted octanol–water partition coefficient (Wildman–Crippen LogP) is 1.07. The summed E-state index contributed by atoms with van der Waals surface area (Å²) < 4.78 is 5.18. The average molecular weight is 257 g/mol. The van der Waals surface area contributed by atoms with Crippen LogP contribution in [0.25, 0.3) is 0 Å². The molecule has 1 N–H and O–H groups in total. The molecule has 5 heteroatoms. The van der Waals surface area contributed by atoms with Crippen LogP contribution in [-0.2, 0) is 6.54 Å². The van der Waals surface area contributed by atoms with E-state index in [9.17, 15) is 9.90 Å². The van der Waals surface area contributed by atoms with E-state index in [4.69, 9.17) is 4.74 Å². The number of rotatable bonds is 5. The van der Waals surface area contributed by atoms with Gasteiger partial charge in [0, 0.05) is 18.9 Å². The lowest BCUT2D eigenvalue weighted by Crippen LogP contribution is -2.22. The van der Waals surface area contributed by atoms with Gasteiger partial charge in [-0.2, -0.15) is 0 Å². The van der Waals surface area contributed by atoms with Crippen LogP contribution in [0, 0.1) is 0 Å². The molecule has 0 radical (unpaired) electrons. The molecule has 0 amide bonds. The highest BCUT2D eigenvalue weighted by Crippen LogP contribution is 2.25. The Morgan fingerprint density at radius 2 is 2.05 bits per heavy atom. The molecule has 0 spiro atoms. The fourth-order valence-electron chi connectivity index (χ4n) is 1.67. The Balaban J connectivity index is 2.18. The van der Waals surface area contributed by atoms with Gasteiger partial charge in [-0.25, -0.2) is 0 Å². The van der Waals surface area contributed by atoms with E-state index in [2.05, 4.69) is 10.3 Å². The van der Waals surface area contributed by atoms with Crippen molar-refractivity contribution in [2.24, 2.45) is 0 Å². The van der Waals surface area contributed by atoms with Crippen molar-refractivity contribution in [2.45, 2.75) is 6.54 Å². The third-order valence-electron chi connectivity index (χ3n) is 2.67. The zero-order chi connectivity index (χ0) is 13.7. The van der Waals surface area contributed by atoms with Gasteiger partial charge < -0.3 is 20.0 Å². The number of aromatic nitrogens is 1. The minimum Gasteiger partial charge on any atom is -0.545 e. The van der Waals surface area contributed by atoms with E-state index >= 15 is 0 Å². The van der Waals surface area contributed by atoms with E-state index in [1.54, 1.807) is 18.5 Å². The van der Waals surface area contributed by atoms with Crippen molar-refractivity contribution >= 4 is 11.7 Å². The third kappa shape index (κ3) is 3.22. The van der Waals surface area contributed by atoms with Gasteiger partial charge in [0.1, 0.15) is 5.75 Å². The molecule has 0 bridgehead atoms. The largest absolute Gasteiger partial charge is 0.545 e. The summed E-state index contributed by atoms with van der Waals surface area (Å²) in [6.07, 6.45) is 3.40. The molecule has 0 aliphatic carbocycles. The quantitative estimate of drug-likeness (QED) is 0.867. The van der Waals surface area contributed by atoms with Crippen LogP contribution in [0.15, 0.2) is 42.7 Å². The smallest absolute Gasteiger partial charge is 0.142 e. The van der Waals surface area contributed by atoms with Crippen molar-refractivity contribution in [3.05, 3.63) is 53.9 Å². The minimum atomic E-state index is -1.21. The van der Waals surface area contributed by atoms with Crippen LogP contribution in [0.4, 0.5) is 5.69 Å². The van der Waals surface area contributed by atoms with Crippen molar-refractivity contribution in [3.63, 3.8) is 0 Å². The number of ether oxygens (including phenoxy) is 1. The van der Waals surface area contributed by atoms with Gasteiger partial charge >= 0.3 is 0 Å². The lowest BCUT2D eigenvalue weighted by Gasteiger charge is -2.13. The number of methoxy groups -OCH3 is 1. The molecule has 2 aromatic rings. The van der Waals surface area contributed by atoms with Gasteiger partial charge in [0.05, 0.1) is 18.8 Å². The van der Waals surface area contributed by atoms with E-state index in [0.717, 1.165) is 5.56 Å². The topological polar surface area (TPSA) is 74.3 Å². The van der Waals surface area contributed by atoms with Crippen molar-refractivity contribution in [2.75, 3.05) is 12.4 Å². The molecule has 98 valence electrons. The number of carbonyl (C=O) groups is 1. The number of nitrogens with one attached hydrogen (secondary N) is 1. The molecule has 0 aliphatic rings. The molecule has 0 saturated heterocycles. The standard InChI is InChI=1S/C14H14N2O3/c1-19-13-3-2-11(14(17)18)8-12(13)16-9-10-4-6-15-7-5-10/h2-8,16H,9H2,1H3,(H,17,18)/p-1. The number of nitrogens with zero attached hydrogens (tertiary/aromatic N) is 1. The van der Waals surface area contributed by atoms with Gasteiger partial charge in [0.25, 0.3) is 0 Å². The van der Waals surface area contributed by atoms with Gasteiger partial charge in [-0.1, -0.05) is 0 Å². The van der Waals surface area contributed by atoms with E-state index < -0.39 is 5.97 Å². The van der Waals surface area contributed by atoms with E-state index in [-0.39, 0.29) is 5.56 Å². The average Bonchev–Trinajstić information content (AvgIpc) is 2.45. The fraction of sp³-hybridized carbons (Fsp3) is 0.143. The number of aromatic carboxylic acids is 1. The zero-order valence-corrected chi connectivity index (χ0v) is 10.4. The number of carboxylic acid groups (broad SMARTS) is 1. The number of carboxylic acids is 1. The van der Waals surface area contributed by atoms with Gasteiger partial charge in [0.15, 0.2) is 0 Å². The maximum atomic E-state index is 10.8. The molecule has 19 heavy (non-hydrogen) atoms. The van der Waals surface area contributed by atoms with Gasteiger partial charge in [0.2, 0.25) is 0 Å². The molecule has 0 aliphatic heterocycles. The molecular formula is C14H13N2O3-. The Bertz CT molecular complexity index is 570. The van der Waals surface area contributed by atoms with Gasteiger partial charge in [-0.3, -0.25) is 4.98 Å². The maximum Gasteiger partial charge on any atom is 0.142 e. The Morgan fingerprint density at radius 1 is 1.32 bits per heavy atom. The SMILES string of the molecule is COc1ccc(C(=O)[O-])cc1NCc1ccncc1. The Hall–Kier alpha value is -2.56. The first-order valence-electron chi connectivity index (χ1n) is 5.73. The number of hydrogen-bond acceptors (Lipinski definition) is 5. The minimum absolute atomic E-state index is 0.109. The van der Waals surface area contributed by atoms with E-state index in [1.165, 1.54) is 19.2 Å². The maximum absolute atomic E-state index is 10.8. The first-order valence-corrected chi connectivity index (χ1v) is 5.73. The van der Waals surface area contributed by atoms with Crippen molar-refractivity contribution in [3.8, 4) is 5.75 Å². The van der Waals surface area contributed by atoms with Crippen LogP contribution in [-0.4, -0.2) is 18.1 Å². The fourth-order valence-corrected chi connectivity index (χ4v) is 1.67. The van der Waals surface area contributed by atoms with Gasteiger partial charge in [-0.15, -0.1) is 0 Å².